The number of thiol groups is 1. The molecule has 0 saturated heterocycles. The molecule has 0 aliphatic heterocycles. The number of nitrogens with zero attached hydrogens (tertiary/aromatic N) is 1. The summed E-state index contributed by atoms with van der Waals surface area (Å²) >= 11 is 3.93. The normalized spacial score (nSPS) is 14.0. The Balaban J connectivity index is 2.19. The van der Waals surface area contributed by atoms with Gasteiger partial charge < -0.3 is 36.9 Å². The van der Waals surface area contributed by atoms with E-state index in [4.69, 9.17) is 10.8 Å². The van der Waals surface area contributed by atoms with Crippen molar-refractivity contribution in [2.75, 3.05) is 5.75 Å². The molecule has 1 aromatic heterocycles. The number of carbonyl (C=O) groups excluding carboxylic acids is 3. The predicted molar refractivity (Wildman–Crippen MR) is 135 cm³/mol. The van der Waals surface area contributed by atoms with Crippen LogP contribution in [-0.4, -0.2) is 79.8 Å². The summed E-state index contributed by atoms with van der Waals surface area (Å²) in [7, 11) is 0. The number of rotatable bonds is 15. The molecule has 1 heterocycles. The number of nitrogens with one attached hydrogen (secondary N) is 4. The molecule has 0 radical (unpaired) electrons. The Labute approximate surface area is 218 Å². The smallest absolute Gasteiger partial charge is 0.327 e. The van der Waals surface area contributed by atoms with E-state index in [1.165, 1.54) is 12.5 Å². The highest BCUT2D eigenvalue weighted by Gasteiger charge is 2.30. The minimum Gasteiger partial charge on any atom is -0.481 e. The zero-order chi connectivity index (χ0) is 27.4. The van der Waals surface area contributed by atoms with Crippen LogP contribution in [0, 0.1) is 0 Å². The Morgan fingerprint density at radius 1 is 0.919 bits per heavy atom. The number of amides is 3. The SMILES string of the molecule is NC(Cc1cnc[nH]1)C(=O)NC(CCC(=O)O)C(=O)NC(Cc1ccccc1)C(=O)NC(CS)C(=O)O. The molecule has 3 amide bonds. The van der Waals surface area contributed by atoms with Gasteiger partial charge >= 0.3 is 11.9 Å². The Morgan fingerprint density at radius 3 is 2.11 bits per heavy atom. The van der Waals surface area contributed by atoms with E-state index in [1.807, 2.05) is 0 Å². The number of carboxylic acid groups (broad SMARTS) is 2. The van der Waals surface area contributed by atoms with Gasteiger partial charge in [0.2, 0.25) is 17.7 Å². The van der Waals surface area contributed by atoms with Gasteiger partial charge in [0.05, 0.1) is 12.4 Å². The van der Waals surface area contributed by atoms with Crippen LogP contribution < -0.4 is 21.7 Å². The lowest BCUT2D eigenvalue weighted by molar-refractivity contribution is -0.141. The van der Waals surface area contributed by atoms with Crippen LogP contribution in [0.2, 0.25) is 0 Å². The maximum atomic E-state index is 13.1. The molecule has 2 rings (SSSR count). The lowest BCUT2D eigenvalue weighted by Gasteiger charge is -2.25. The van der Waals surface area contributed by atoms with E-state index in [0.29, 0.717) is 11.3 Å². The van der Waals surface area contributed by atoms with E-state index in [-0.39, 0.29) is 25.0 Å². The van der Waals surface area contributed by atoms with Gasteiger partial charge in [0.15, 0.2) is 0 Å². The first-order chi connectivity index (χ1) is 17.6. The molecular weight excluding hydrogens is 504 g/mol. The van der Waals surface area contributed by atoms with Gasteiger partial charge in [0.1, 0.15) is 18.1 Å². The van der Waals surface area contributed by atoms with E-state index in [0.717, 1.165) is 0 Å². The third kappa shape index (κ3) is 9.93. The number of aromatic nitrogens is 2. The monoisotopic (exact) mass is 534 g/mol. The van der Waals surface area contributed by atoms with Crippen LogP contribution in [-0.2, 0) is 36.8 Å². The first kappa shape index (κ1) is 29.3. The summed E-state index contributed by atoms with van der Waals surface area (Å²) in [6.45, 7) is 0. The van der Waals surface area contributed by atoms with Crippen molar-refractivity contribution in [2.24, 2.45) is 5.73 Å². The van der Waals surface area contributed by atoms with Gasteiger partial charge in [0, 0.05) is 36.9 Å². The van der Waals surface area contributed by atoms with Gasteiger partial charge in [-0.1, -0.05) is 30.3 Å². The highest BCUT2D eigenvalue weighted by atomic mass is 32.1. The first-order valence-corrected chi connectivity index (χ1v) is 12.0. The summed E-state index contributed by atoms with van der Waals surface area (Å²) < 4.78 is 0. The lowest BCUT2D eigenvalue weighted by Crippen LogP contribution is -2.58. The molecule has 0 aliphatic carbocycles. The van der Waals surface area contributed by atoms with Crippen LogP contribution in [0.25, 0.3) is 0 Å². The number of carbonyl (C=O) groups is 5. The largest absolute Gasteiger partial charge is 0.481 e. The van der Waals surface area contributed by atoms with Gasteiger partial charge in [-0.2, -0.15) is 12.6 Å². The average Bonchev–Trinajstić information content (AvgIpc) is 3.37. The Hall–Kier alpha value is -3.91. The molecule has 0 saturated carbocycles. The third-order valence-corrected chi connectivity index (χ3v) is 5.69. The highest BCUT2D eigenvalue weighted by Crippen LogP contribution is 2.07. The summed E-state index contributed by atoms with van der Waals surface area (Å²) in [6, 6.07) is 3.78. The third-order valence-electron chi connectivity index (χ3n) is 5.32. The van der Waals surface area contributed by atoms with Crippen LogP contribution in [0.5, 0.6) is 0 Å². The highest BCUT2D eigenvalue weighted by molar-refractivity contribution is 7.80. The summed E-state index contributed by atoms with van der Waals surface area (Å²) in [4.78, 5) is 67.9. The maximum absolute atomic E-state index is 13.1. The topological polar surface area (TPSA) is 217 Å². The fraction of sp³-hybridized carbons (Fsp3) is 0.391. The number of imidazole rings is 1. The zero-order valence-electron chi connectivity index (χ0n) is 19.8. The van der Waals surface area contributed by atoms with Gasteiger partial charge in [0.25, 0.3) is 0 Å². The van der Waals surface area contributed by atoms with Crippen molar-refractivity contribution in [1.29, 1.82) is 0 Å². The van der Waals surface area contributed by atoms with Crippen molar-refractivity contribution in [2.45, 2.75) is 49.9 Å². The maximum Gasteiger partial charge on any atom is 0.327 e. The molecule has 0 spiro atoms. The second-order valence-electron chi connectivity index (χ2n) is 8.21. The van der Waals surface area contributed by atoms with E-state index in [2.05, 4.69) is 38.5 Å². The molecule has 0 aliphatic rings. The Kier molecular flexibility index (Phi) is 11.6. The minimum absolute atomic E-state index is 0.0102. The Bertz CT molecular complexity index is 1070. The standard InChI is InChI=1S/C23H30N6O7S/c24-15(9-14-10-25-12-26-14)20(32)27-16(6-7-19(30)31)21(33)28-17(8-13-4-2-1-3-5-13)22(34)29-18(11-37)23(35)36/h1-5,10,12,15-18,37H,6-9,11,24H2,(H,25,26)(H,27,32)(H,28,33)(H,29,34)(H,30,31)(H,35,36). The molecule has 1 aromatic carbocycles. The fourth-order valence-electron chi connectivity index (χ4n) is 3.33. The molecule has 37 heavy (non-hydrogen) atoms. The summed E-state index contributed by atoms with van der Waals surface area (Å²) in [5, 5.41) is 25.6. The van der Waals surface area contributed by atoms with Gasteiger partial charge in [-0.25, -0.2) is 9.78 Å². The van der Waals surface area contributed by atoms with E-state index in [1.54, 1.807) is 30.3 Å². The minimum atomic E-state index is -1.32. The number of H-pyrrole nitrogens is 1. The molecule has 0 fully saturated rings. The molecule has 200 valence electrons. The lowest BCUT2D eigenvalue weighted by atomic mass is 10.0. The number of hydrogen-bond donors (Lipinski definition) is 8. The van der Waals surface area contributed by atoms with E-state index in [9.17, 15) is 29.1 Å². The number of carboxylic acids is 2. The van der Waals surface area contributed by atoms with Crippen LogP contribution in [0.15, 0.2) is 42.9 Å². The predicted octanol–water partition coefficient (Wildman–Crippen LogP) is -1.14. The second-order valence-corrected chi connectivity index (χ2v) is 8.58. The molecule has 4 atom stereocenters. The first-order valence-electron chi connectivity index (χ1n) is 11.3. The van der Waals surface area contributed by atoms with Crippen LogP contribution in [0.3, 0.4) is 0 Å². The van der Waals surface area contributed by atoms with E-state index < -0.39 is 60.2 Å². The van der Waals surface area contributed by atoms with Crippen molar-refractivity contribution >= 4 is 42.3 Å². The summed E-state index contributed by atoms with van der Waals surface area (Å²) in [6.07, 6.45) is 2.31. The van der Waals surface area contributed by atoms with Crippen LogP contribution in [0.1, 0.15) is 24.1 Å². The average molecular weight is 535 g/mol. The van der Waals surface area contributed by atoms with Crippen LogP contribution >= 0.6 is 12.6 Å². The molecule has 0 bridgehead atoms. The van der Waals surface area contributed by atoms with Crippen molar-refractivity contribution < 1.29 is 34.2 Å². The Morgan fingerprint density at radius 2 is 1.54 bits per heavy atom. The van der Waals surface area contributed by atoms with E-state index >= 15 is 0 Å². The number of hydrogen-bond acceptors (Lipinski definition) is 8. The van der Waals surface area contributed by atoms with Crippen molar-refractivity contribution in [3.05, 3.63) is 54.1 Å². The summed E-state index contributed by atoms with van der Waals surface area (Å²) in [5.74, 6) is -4.98. The zero-order valence-corrected chi connectivity index (χ0v) is 20.7. The molecule has 4 unspecified atom stereocenters. The molecule has 2 aromatic rings. The molecular formula is C23H30N6O7S. The van der Waals surface area contributed by atoms with Crippen molar-refractivity contribution in [3.8, 4) is 0 Å². The number of aromatic amines is 1. The van der Waals surface area contributed by atoms with Gasteiger partial charge in [-0.15, -0.1) is 0 Å². The number of aliphatic carboxylic acids is 2. The van der Waals surface area contributed by atoms with Gasteiger partial charge in [-0.05, 0) is 12.0 Å². The molecule has 13 nitrogen and oxygen atoms in total. The second kappa shape index (κ2) is 14.6. The van der Waals surface area contributed by atoms with Crippen molar-refractivity contribution in [3.63, 3.8) is 0 Å². The van der Waals surface area contributed by atoms with Crippen molar-refractivity contribution in [1.82, 2.24) is 25.9 Å². The van der Waals surface area contributed by atoms with Gasteiger partial charge in [-0.3, -0.25) is 19.2 Å². The quantitative estimate of drug-likeness (QED) is 0.129. The number of nitrogens with two attached hydrogens (primary N) is 1. The fourth-order valence-corrected chi connectivity index (χ4v) is 3.58. The molecule has 8 N–H and O–H groups in total. The summed E-state index contributed by atoms with van der Waals surface area (Å²) in [5.41, 5.74) is 7.19. The molecule has 14 heteroatoms. The number of benzene rings is 1. The van der Waals surface area contributed by atoms with Crippen LogP contribution in [0.4, 0.5) is 0 Å².